The molecular formula is C8H8FN3. The fourth-order valence-corrected chi connectivity index (χ4v) is 1.18. The molecule has 0 saturated carbocycles. The van der Waals surface area contributed by atoms with Gasteiger partial charge in [0.25, 0.3) is 0 Å². The van der Waals surface area contributed by atoms with E-state index in [1.54, 1.807) is 16.7 Å². The number of nitrogens with zero attached hydrogens (tertiary/aromatic N) is 2. The standard InChI is InChI=1S/C8H8FN3/c1-5-2-3-6(9)8-11-7(10)4-12(5)8/h2-4H,10H2,1H3. The lowest BCUT2D eigenvalue weighted by Crippen LogP contribution is -1.91. The van der Waals surface area contributed by atoms with Crippen molar-refractivity contribution in [2.24, 2.45) is 0 Å². The minimum absolute atomic E-state index is 0.285. The first kappa shape index (κ1) is 7.09. The lowest BCUT2D eigenvalue weighted by Gasteiger charge is -1.97. The molecule has 0 aliphatic carbocycles. The molecule has 0 atom stereocenters. The summed E-state index contributed by atoms with van der Waals surface area (Å²) in [5.41, 5.74) is 6.63. The van der Waals surface area contributed by atoms with Gasteiger partial charge in [-0.15, -0.1) is 0 Å². The van der Waals surface area contributed by atoms with E-state index in [0.717, 1.165) is 5.69 Å². The van der Waals surface area contributed by atoms with E-state index in [9.17, 15) is 4.39 Å². The third-order valence-electron chi connectivity index (χ3n) is 1.79. The number of hydrogen-bond donors (Lipinski definition) is 1. The lowest BCUT2D eigenvalue weighted by atomic mass is 10.3. The Morgan fingerprint density at radius 2 is 2.25 bits per heavy atom. The number of nitrogen functional groups attached to an aromatic ring is 1. The number of pyridine rings is 1. The van der Waals surface area contributed by atoms with Crippen LogP contribution in [0.2, 0.25) is 0 Å². The Kier molecular flexibility index (Phi) is 1.30. The van der Waals surface area contributed by atoms with Crippen LogP contribution >= 0.6 is 0 Å². The molecule has 0 amide bonds. The average Bonchev–Trinajstić information content (AvgIpc) is 2.41. The van der Waals surface area contributed by atoms with Gasteiger partial charge < -0.3 is 5.73 Å². The molecule has 0 saturated heterocycles. The van der Waals surface area contributed by atoms with Crippen LogP contribution in [0.15, 0.2) is 18.3 Å². The van der Waals surface area contributed by atoms with Crippen LogP contribution in [0.3, 0.4) is 0 Å². The molecule has 0 aliphatic rings. The normalized spacial score (nSPS) is 10.8. The molecule has 0 spiro atoms. The van der Waals surface area contributed by atoms with Crippen molar-refractivity contribution in [1.29, 1.82) is 0 Å². The number of hydrogen-bond acceptors (Lipinski definition) is 2. The number of halogens is 1. The van der Waals surface area contributed by atoms with Gasteiger partial charge in [0.1, 0.15) is 5.82 Å². The number of aromatic nitrogens is 2. The highest BCUT2D eigenvalue weighted by Gasteiger charge is 2.05. The SMILES string of the molecule is Cc1ccc(F)c2nc(N)cn12. The summed E-state index contributed by atoms with van der Waals surface area (Å²) >= 11 is 0. The van der Waals surface area contributed by atoms with E-state index >= 15 is 0 Å². The van der Waals surface area contributed by atoms with Crippen LogP contribution < -0.4 is 5.73 Å². The van der Waals surface area contributed by atoms with Crippen LogP contribution in [-0.2, 0) is 0 Å². The largest absolute Gasteiger partial charge is 0.382 e. The van der Waals surface area contributed by atoms with Gasteiger partial charge in [0.15, 0.2) is 11.5 Å². The second kappa shape index (κ2) is 2.20. The summed E-state index contributed by atoms with van der Waals surface area (Å²) in [6.45, 7) is 1.87. The number of nitrogens with two attached hydrogens (primary N) is 1. The maximum absolute atomic E-state index is 13.0. The van der Waals surface area contributed by atoms with Crippen LogP contribution in [0.4, 0.5) is 10.2 Å². The van der Waals surface area contributed by atoms with E-state index in [4.69, 9.17) is 5.73 Å². The van der Waals surface area contributed by atoms with Gasteiger partial charge in [-0.25, -0.2) is 9.37 Å². The Morgan fingerprint density at radius 1 is 1.50 bits per heavy atom. The molecule has 12 heavy (non-hydrogen) atoms. The van der Waals surface area contributed by atoms with E-state index in [1.807, 2.05) is 6.92 Å². The van der Waals surface area contributed by atoms with Crippen molar-refractivity contribution in [3.63, 3.8) is 0 Å². The number of anilines is 1. The average molecular weight is 165 g/mol. The van der Waals surface area contributed by atoms with Crippen molar-refractivity contribution in [2.75, 3.05) is 5.73 Å². The van der Waals surface area contributed by atoms with Crippen molar-refractivity contribution < 1.29 is 4.39 Å². The Bertz CT molecular complexity index is 394. The molecule has 0 aromatic carbocycles. The van der Waals surface area contributed by atoms with E-state index in [2.05, 4.69) is 4.98 Å². The number of imidazole rings is 1. The molecule has 2 rings (SSSR count). The summed E-state index contributed by atoms with van der Waals surface area (Å²) < 4.78 is 14.7. The summed E-state index contributed by atoms with van der Waals surface area (Å²) in [4.78, 5) is 3.84. The fraction of sp³-hybridized carbons (Fsp3) is 0.125. The van der Waals surface area contributed by atoms with Gasteiger partial charge in [-0.3, -0.25) is 4.40 Å². The van der Waals surface area contributed by atoms with E-state index in [0.29, 0.717) is 5.82 Å². The monoisotopic (exact) mass is 165 g/mol. The highest BCUT2D eigenvalue weighted by molar-refractivity contribution is 5.48. The minimum atomic E-state index is -0.350. The first-order chi connectivity index (χ1) is 5.68. The summed E-state index contributed by atoms with van der Waals surface area (Å²) in [7, 11) is 0. The van der Waals surface area contributed by atoms with Crippen LogP contribution in [-0.4, -0.2) is 9.38 Å². The van der Waals surface area contributed by atoms with Gasteiger partial charge in [0.2, 0.25) is 0 Å². The molecule has 0 unspecified atom stereocenters. The van der Waals surface area contributed by atoms with E-state index in [1.165, 1.54) is 6.07 Å². The summed E-state index contributed by atoms with van der Waals surface area (Å²) in [5.74, 6) is -0.0134. The highest BCUT2D eigenvalue weighted by atomic mass is 19.1. The molecule has 0 bridgehead atoms. The van der Waals surface area contributed by atoms with Gasteiger partial charge in [0.05, 0.1) is 6.20 Å². The van der Waals surface area contributed by atoms with E-state index < -0.39 is 0 Å². The third kappa shape index (κ3) is 0.845. The molecule has 2 aromatic heterocycles. The summed E-state index contributed by atoms with van der Waals surface area (Å²) in [5, 5.41) is 0. The van der Waals surface area contributed by atoms with Crippen molar-refractivity contribution in [3.8, 4) is 0 Å². The van der Waals surface area contributed by atoms with Crippen LogP contribution in [0, 0.1) is 12.7 Å². The Morgan fingerprint density at radius 3 is 2.92 bits per heavy atom. The highest BCUT2D eigenvalue weighted by Crippen LogP contribution is 2.12. The molecule has 0 aliphatic heterocycles. The third-order valence-corrected chi connectivity index (χ3v) is 1.79. The molecule has 0 fully saturated rings. The zero-order valence-electron chi connectivity index (χ0n) is 6.58. The van der Waals surface area contributed by atoms with Gasteiger partial charge in [-0.05, 0) is 19.1 Å². The van der Waals surface area contributed by atoms with E-state index in [-0.39, 0.29) is 11.5 Å². The molecular weight excluding hydrogens is 157 g/mol. The number of aryl methyl sites for hydroxylation is 1. The zero-order valence-corrected chi connectivity index (χ0v) is 6.58. The molecule has 3 nitrogen and oxygen atoms in total. The summed E-state index contributed by atoms with van der Waals surface area (Å²) in [6.07, 6.45) is 1.60. The van der Waals surface area contributed by atoms with Crippen molar-refractivity contribution >= 4 is 11.5 Å². The molecule has 0 radical (unpaired) electrons. The summed E-state index contributed by atoms with van der Waals surface area (Å²) in [6, 6.07) is 3.07. The second-order valence-electron chi connectivity index (χ2n) is 2.68. The zero-order chi connectivity index (χ0) is 8.72. The molecule has 2 N–H and O–H groups in total. The Balaban J connectivity index is 2.93. The van der Waals surface area contributed by atoms with Crippen LogP contribution in [0.25, 0.3) is 5.65 Å². The first-order valence-electron chi connectivity index (χ1n) is 3.58. The maximum Gasteiger partial charge on any atom is 0.175 e. The number of fused-ring (bicyclic) bond motifs is 1. The van der Waals surface area contributed by atoms with Crippen LogP contribution in [0.5, 0.6) is 0 Å². The predicted octanol–water partition coefficient (Wildman–Crippen LogP) is 1.36. The van der Waals surface area contributed by atoms with Crippen molar-refractivity contribution in [1.82, 2.24) is 9.38 Å². The van der Waals surface area contributed by atoms with Gasteiger partial charge in [-0.2, -0.15) is 0 Å². The first-order valence-corrected chi connectivity index (χ1v) is 3.58. The molecule has 2 heterocycles. The van der Waals surface area contributed by atoms with Crippen molar-refractivity contribution in [2.45, 2.75) is 6.92 Å². The Labute approximate surface area is 68.6 Å². The predicted molar refractivity (Wildman–Crippen MR) is 44.3 cm³/mol. The molecule has 62 valence electrons. The molecule has 4 heteroatoms. The lowest BCUT2D eigenvalue weighted by molar-refractivity contribution is 0.629. The Hall–Kier alpha value is -1.58. The maximum atomic E-state index is 13.0. The second-order valence-corrected chi connectivity index (χ2v) is 2.68. The van der Waals surface area contributed by atoms with Crippen LogP contribution in [0.1, 0.15) is 5.69 Å². The van der Waals surface area contributed by atoms with Gasteiger partial charge >= 0.3 is 0 Å². The quantitative estimate of drug-likeness (QED) is 0.640. The molecule has 2 aromatic rings. The number of rotatable bonds is 0. The minimum Gasteiger partial charge on any atom is -0.382 e. The van der Waals surface area contributed by atoms with Gasteiger partial charge in [0, 0.05) is 5.69 Å². The topological polar surface area (TPSA) is 43.3 Å². The fourth-order valence-electron chi connectivity index (χ4n) is 1.18. The smallest absolute Gasteiger partial charge is 0.175 e. The van der Waals surface area contributed by atoms with Gasteiger partial charge in [-0.1, -0.05) is 0 Å². The van der Waals surface area contributed by atoms with Crippen molar-refractivity contribution in [3.05, 3.63) is 29.8 Å².